The van der Waals surface area contributed by atoms with Crippen LogP contribution in [0.4, 0.5) is 10.1 Å². The van der Waals surface area contributed by atoms with Gasteiger partial charge in [-0.3, -0.25) is 0 Å². The van der Waals surface area contributed by atoms with E-state index >= 15 is 0 Å². The number of halogens is 1. The third-order valence-electron chi connectivity index (χ3n) is 3.87. The van der Waals surface area contributed by atoms with Crippen molar-refractivity contribution < 1.29 is 9.13 Å². The molecule has 1 aromatic rings. The summed E-state index contributed by atoms with van der Waals surface area (Å²) in [5.74, 6) is 0.290. The van der Waals surface area contributed by atoms with Gasteiger partial charge in [0.15, 0.2) is 5.96 Å². The van der Waals surface area contributed by atoms with Gasteiger partial charge in [-0.2, -0.15) is 0 Å². The minimum absolute atomic E-state index is 0.212. The number of ether oxygens (including phenoxy) is 1. The Hall–Kier alpha value is -1.82. The molecule has 1 heterocycles. The summed E-state index contributed by atoms with van der Waals surface area (Å²) in [6, 6.07) is 5.27. The molecule has 0 spiro atoms. The number of aliphatic imine (C=N–C) groups is 1. The van der Waals surface area contributed by atoms with E-state index in [1.165, 1.54) is 0 Å². The number of hydrogen-bond donors (Lipinski definition) is 1. The lowest BCUT2D eigenvalue weighted by Crippen LogP contribution is -2.37. The smallest absolute Gasteiger partial charge is 0.191 e. The molecule has 0 atom stereocenters. The molecule has 1 aliphatic rings. The minimum atomic E-state index is -0.212. The number of nitrogens with two attached hydrogens (primary N) is 1. The Morgan fingerprint density at radius 3 is 2.59 bits per heavy atom. The molecule has 6 heteroatoms. The van der Waals surface area contributed by atoms with Gasteiger partial charge in [0.1, 0.15) is 5.82 Å². The molecule has 0 aliphatic carbocycles. The second-order valence-electron chi connectivity index (χ2n) is 5.23. The first-order chi connectivity index (χ1) is 10.7. The molecule has 0 bridgehead atoms. The number of nitrogens with zero attached hydrogens (tertiary/aromatic N) is 3. The average molecular weight is 308 g/mol. The highest BCUT2D eigenvalue weighted by molar-refractivity contribution is 5.78. The SMILES string of the molecule is CCN(CC)C(N)=NCc1ccc(N2CCOCC2)c(F)c1. The van der Waals surface area contributed by atoms with E-state index in [1.54, 1.807) is 6.07 Å². The van der Waals surface area contributed by atoms with Gasteiger partial charge in [-0.25, -0.2) is 9.38 Å². The summed E-state index contributed by atoms with van der Waals surface area (Å²) in [6.07, 6.45) is 0. The number of rotatable bonds is 5. The molecule has 0 radical (unpaired) electrons. The van der Waals surface area contributed by atoms with Crippen LogP contribution in [0.1, 0.15) is 19.4 Å². The first kappa shape index (κ1) is 16.5. The van der Waals surface area contributed by atoms with Crippen LogP contribution in [0, 0.1) is 5.82 Å². The topological polar surface area (TPSA) is 54.1 Å². The summed E-state index contributed by atoms with van der Waals surface area (Å²) in [5, 5.41) is 0. The number of benzene rings is 1. The van der Waals surface area contributed by atoms with E-state index in [4.69, 9.17) is 10.5 Å². The van der Waals surface area contributed by atoms with Crippen LogP contribution in [-0.2, 0) is 11.3 Å². The number of morpholine rings is 1. The van der Waals surface area contributed by atoms with Crippen molar-refractivity contribution in [2.45, 2.75) is 20.4 Å². The lowest BCUT2D eigenvalue weighted by atomic mass is 10.1. The van der Waals surface area contributed by atoms with E-state index in [0.717, 1.165) is 31.7 Å². The van der Waals surface area contributed by atoms with Crippen molar-refractivity contribution in [1.82, 2.24) is 4.90 Å². The maximum atomic E-state index is 14.3. The average Bonchev–Trinajstić information content (AvgIpc) is 2.55. The Labute approximate surface area is 131 Å². The van der Waals surface area contributed by atoms with Crippen molar-refractivity contribution in [1.29, 1.82) is 0 Å². The highest BCUT2D eigenvalue weighted by Crippen LogP contribution is 2.21. The van der Waals surface area contributed by atoms with E-state index in [1.807, 2.05) is 35.8 Å². The molecule has 122 valence electrons. The van der Waals surface area contributed by atoms with Crippen molar-refractivity contribution >= 4 is 11.6 Å². The van der Waals surface area contributed by atoms with E-state index in [9.17, 15) is 4.39 Å². The van der Waals surface area contributed by atoms with Gasteiger partial charge in [0, 0.05) is 26.2 Å². The first-order valence-electron chi connectivity index (χ1n) is 7.81. The van der Waals surface area contributed by atoms with Crippen LogP contribution in [0.3, 0.4) is 0 Å². The molecule has 0 saturated carbocycles. The molecular weight excluding hydrogens is 283 g/mol. The predicted molar refractivity (Wildman–Crippen MR) is 87.7 cm³/mol. The van der Waals surface area contributed by atoms with Crippen LogP contribution in [0.25, 0.3) is 0 Å². The van der Waals surface area contributed by atoms with Crippen molar-refractivity contribution in [3.63, 3.8) is 0 Å². The predicted octanol–water partition coefficient (Wildman–Crippen LogP) is 1.82. The van der Waals surface area contributed by atoms with Crippen LogP contribution in [0.2, 0.25) is 0 Å². The van der Waals surface area contributed by atoms with Crippen molar-refractivity contribution in [3.05, 3.63) is 29.6 Å². The molecule has 1 fully saturated rings. The van der Waals surface area contributed by atoms with Crippen molar-refractivity contribution in [2.75, 3.05) is 44.3 Å². The lowest BCUT2D eigenvalue weighted by molar-refractivity contribution is 0.122. The molecule has 1 saturated heterocycles. The molecule has 0 amide bonds. The molecular formula is C16H25FN4O. The van der Waals surface area contributed by atoms with Crippen LogP contribution in [0.5, 0.6) is 0 Å². The highest BCUT2D eigenvalue weighted by atomic mass is 19.1. The second kappa shape index (κ2) is 7.98. The van der Waals surface area contributed by atoms with E-state index in [-0.39, 0.29) is 5.82 Å². The molecule has 0 aromatic heterocycles. The summed E-state index contributed by atoms with van der Waals surface area (Å²) < 4.78 is 19.6. The molecule has 5 nitrogen and oxygen atoms in total. The fourth-order valence-electron chi connectivity index (χ4n) is 2.53. The maximum absolute atomic E-state index is 14.3. The number of anilines is 1. The number of hydrogen-bond acceptors (Lipinski definition) is 3. The van der Waals surface area contributed by atoms with Gasteiger partial charge in [-0.1, -0.05) is 6.07 Å². The fraction of sp³-hybridized carbons (Fsp3) is 0.562. The van der Waals surface area contributed by atoms with Gasteiger partial charge in [0.25, 0.3) is 0 Å². The first-order valence-corrected chi connectivity index (χ1v) is 7.81. The zero-order valence-electron chi connectivity index (χ0n) is 13.4. The van der Waals surface area contributed by atoms with Crippen LogP contribution < -0.4 is 10.6 Å². The van der Waals surface area contributed by atoms with Gasteiger partial charge in [0.2, 0.25) is 0 Å². The summed E-state index contributed by atoms with van der Waals surface area (Å²) in [7, 11) is 0. The van der Waals surface area contributed by atoms with Gasteiger partial charge in [0.05, 0.1) is 25.4 Å². The summed E-state index contributed by atoms with van der Waals surface area (Å²) in [5.41, 5.74) is 7.39. The summed E-state index contributed by atoms with van der Waals surface area (Å²) >= 11 is 0. The van der Waals surface area contributed by atoms with Crippen molar-refractivity contribution in [2.24, 2.45) is 10.7 Å². The monoisotopic (exact) mass is 308 g/mol. The largest absolute Gasteiger partial charge is 0.378 e. The number of guanidine groups is 1. The normalized spacial score (nSPS) is 16.0. The molecule has 0 unspecified atom stereocenters. The fourth-order valence-corrected chi connectivity index (χ4v) is 2.53. The van der Waals surface area contributed by atoms with Crippen molar-refractivity contribution in [3.8, 4) is 0 Å². The Bertz CT molecular complexity index is 511. The Morgan fingerprint density at radius 1 is 1.32 bits per heavy atom. The molecule has 22 heavy (non-hydrogen) atoms. The molecule has 2 N–H and O–H groups in total. The Morgan fingerprint density at radius 2 is 2.00 bits per heavy atom. The molecule has 1 aromatic carbocycles. The third kappa shape index (κ3) is 4.10. The standard InChI is InChI=1S/C16H25FN4O/c1-3-20(4-2)16(18)19-12-13-5-6-15(14(17)11-13)21-7-9-22-10-8-21/h5-6,11H,3-4,7-10,12H2,1-2H3,(H2,18,19). The van der Waals surface area contributed by atoms with Gasteiger partial charge >= 0.3 is 0 Å². The maximum Gasteiger partial charge on any atom is 0.191 e. The quantitative estimate of drug-likeness (QED) is 0.666. The van der Waals surface area contributed by atoms with E-state index in [2.05, 4.69) is 4.99 Å². The van der Waals surface area contributed by atoms with Crippen LogP contribution in [-0.4, -0.2) is 50.3 Å². The van der Waals surface area contributed by atoms with Crippen LogP contribution in [0.15, 0.2) is 23.2 Å². The minimum Gasteiger partial charge on any atom is -0.378 e. The lowest BCUT2D eigenvalue weighted by Gasteiger charge is -2.29. The highest BCUT2D eigenvalue weighted by Gasteiger charge is 2.15. The van der Waals surface area contributed by atoms with Gasteiger partial charge < -0.3 is 20.3 Å². The molecule has 2 rings (SSSR count). The van der Waals surface area contributed by atoms with Gasteiger partial charge in [-0.05, 0) is 31.5 Å². The zero-order chi connectivity index (χ0) is 15.9. The summed E-state index contributed by atoms with van der Waals surface area (Å²) in [4.78, 5) is 8.32. The van der Waals surface area contributed by atoms with Gasteiger partial charge in [-0.15, -0.1) is 0 Å². The van der Waals surface area contributed by atoms with E-state index < -0.39 is 0 Å². The Balaban J connectivity index is 2.04. The van der Waals surface area contributed by atoms with E-state index in [0.29, 0.717) is 31.4 Å². The zero-order valence-corrected chi connectivity index (χ0v) is 13.4. The Kier molecular flexibility index (Phi) is 6.00. The summed E-state index contributed by atoms with van der Waals surface area (Å²) in [6.45, 7) is 8.82. The third-order valence-corrected chi connectivity index (χ3v) is 3.87. The molecule has 1 aliphatic heterocycles. The van der Waals surface area contributed by atoms with Crippen LogP contribution >= 0.6 is 0 Å². The second-order valence-corrected chi connectivity index (χ2v) is 5.23.